The molecule has 3 rings (SSSR count). The minimum Gasteiger partial charge on any atom is -0.480 e. The van der Waals surface area contributed by atoms with Crippen LogP contribution in [0, 0.1) is 11.3 Å². The van der Waals surface area contributed by atoms with Crippen molar-refractivity contribution in [2.45, 2.75) is 0 Å². The van der Waals surface area contributed by atoms with E-state index in [1.165, 1.54) is 7.11 Å². The molecule has 24 heavy (non-hydrogen) atoms. The third-order valence-corrected chi connectivity index (χ3v) is 4.04. The van der Waals surface area contributed by atoms with Gasteiger partial charge in [0.15, 0.2) is 0 Å². The van der Waals surface area contributed by atoms with Gasteiger partial charge >= 0.3 is 0 Å². The highest BCUT2D eigenvalue weighted by molar-refractivity contribution is 6.36. The van der Waals surface area contributed by atoms with Gasteiger partial charge in [-0.25, -0.2) is 4.98 Å². The summed E-state index contributed by atoms with van der Waals surface area (Å²) in [5, 5.41) is 10.5. The van der Waals surface area contributed by atoms with Gasteiger partial charge in [-0.15, -0.1) is 0 Å². The van der Waals surface area contributed by atoms with Gasteiger partial charge in [0.1, 0.15) is 11.6 Å². The Bertz CT molecular complexity index is 937. The van der Waals surface area contributed by atoms with Crippen molar-refractivity contribution in [3.8, 4) is 34.3 Å². The molecule has 4 nitrogen and oxygen atoms in total. The molecule has 0 aliphatic heterocycles. The van der Waals surface area contributed by atoms with Gasteiger partial charge in [-0.2, -0.15) is 5.26 Å². The molecule has 0 N–H and O–H groups in total. The zero-order chi connectivity index (χ0) is 17.1. The second kappa shape index (κ2) is 6.88. The molecule has 1 aromatic carbocycles. The average Bonchev–Trinajstić information content (AvgIpc) is 2.61. The number of benzene rings is 1. The molecular weight excluding hydrogens is 345 g/mol. The lowest BCUT2D eigenvalue weighted by Gasteiger charge is -2.12. The smallest absolute Gasteiger partial charge is 0.232 e. The second-order valence-electron chi connectivity index (χ2n) is 4.91. The fourth-order valence-electron chi connectivity index (χ4n) is 2.37. The van der Waals surface area contributed by atoms with E-state index in [0.29, 0.717) is 32.4 Å². The molecule has 3 aromatic rings. The lowest BCUT2D eigenvalue weighted by Crippen LogP contribution is -1.98. The Kier molecular flexibility index (Phi) is 4.66. The number of nitriles is 1. The number of hydrogen-bond donors (Lipinski definition) is 0. The molecule has 0 saturated heterocycles. The molecule has 0 amide bonds. The fraction of sp³-hybridized carbons (Fsp3) is 0.0556. The molecule has 0 atom stereocenters. The Labute approximate surface area is 149 Å². The second-order valence-corrected chi connectivity index (χ2v) is 5.75. The van der Waals surface area contributed by atoms with Crippen LogP contribution in [-0.4, -0.2) is 17.1 Å². The summed E-state index contributed by atoms with van der Waals surface area (Å²) in [5.74, 6) is 0.243. The number of methoxy groups -OCH3 is 1. The number of ether oxygens (including phenoxy) is 1. The van der Waals surface area contributed by atoms with Crippen LogP contribution >= 0.6 is 23.2 Å². The van der Waals surface area contributed by atoms with E-state index < -0.39 is 0 Å². The van der Waals surface area contributed by atoms with Gasteiger partial charge in [-0.1, -0.05) is 29.3 Å². The van der Waals surface area contributed by atoms with Crippen molar-refractivity contribution in [1.82, 2.24) is 9.97 Å². The lowest BCUT2D eigenvalue weighted by molar-refractivity contribution is 0.397. The van der Waals surface area contributed by atoms with Gasteiger partial charge in [-0.05, 0) is 30.3 Å². The Balaban J connectivity index is 2.29. The molecule has 0 unspecified atom stereocenters. The Hall–Kier alpha value is -2.61. The van der Waals surface area contributed by atoms with E-state index >= 15 is 0 Å². The van der Waals surface area contributed by atoms with Crippen molar-refractivity contribution in [2.24, 2.45) is 0 Å². The Morgan fingerprint density at radius 1 is 1.04 bits per heavy atom. The van der Waals surface area contributed by atoms with Crippen LogP contribution in [0.15, 0.2) is 48.8 Å². The topological polar surface area (TPSA) is 58.8 Å². The van der Waals surface area contributed by atoms with Crippen LogP contribution in [-0.2, 0) is 0 Å². The number of hydrogen-bond acceptors (Lipinski definition) is 4. The van der Waals surface area contributed by atoms with E-state index in [-0.39, 0.29) is 5.88 Å². The van der Waals surface area contributed by atoms with Crippen molar-refractivity contribution in [2.75, 3.05) is 7.11 Å². The molecule has 118 valence electrons. The first-order chi connectivity index (χ1) is 11.6. The van der Waals surface area contributed by atoms with Crippen molar-refractivity contribution in [3.63, 3.8) is 0 Å². The molecule has 0 aliphatic rings. The third-order valence-electron chi connectivity index (χ3n) is 3.49. The number of nitrogens with zero attached hydrogens (tertiary/aromatic N) is 3. The molecule has 0 fully saturated rings. The summed E-state index contributed by atoms with van der Waals surface area (Å²) in [5.41, 5.74) is 3.17. The Morgan fingerprint density at radius 3 is 2.42 bits per heavy atom. The minimum atomic E-state index is 0.243. The van der Waals surface area contributed by atoms with Crippen LogP contribution in [0.4, 0.5) is 0 Å². The van der Waals surface area contributed by atoms with E-state index in [2.05, 4.69) is 16.0 Å². The largest absolute Gasteiger partial charge is 0.480 e. The maximum atomic E-state index is 9.55. The number of rotatable bonds is 3. The molecule has 6 heteroatoms. The minimum absolute atomic E-state index is 0.243. The summed E-state index contributed by atoms with van der Waals surface area (Å²) in [6, 6.07) is 12.8. The number of pyridine rings is 2. The van der Waals surface area contributed by atoms with E-state index in [9.17, 15) is 5.26 Å². The monoisotopic (exact) mass is 355 g/mol. The summed E-state index contributed by atoms with van der Waals surface area (Å²) >= 11 is 12.3. The van der Waals surface area contributed by atoms with E-state index in [1.54, 1.807) is 30.6 Å². The van der Waals surface area contributed by atoms with Gasteiger partial charge in [-0.3, -0.25) is 4.98 Å². The maximum absolute atomic E-state index is 9.55. The van der Waals surface area contributed by atoms with Crippen LogP contribution in [0.5, 0.6) is 5.88 Å². The van der Waals surface area contributed by atoms with Crippen molar-refractivity contribution >= 4 is 23.2 Å². The number of halogens is 2. The third kappa shape index (κ3) is 3.05. The van der Waals surface area contributed by atoms with Crippen molar-refractivity contribution in [3.05, 3.63) is 64.4 Å². The predicted molar refractivity (Wildman–Crippen MR) is 94.2 cm³/mol. The molecule has 0 saturated carbocycles. The van der Waals surface area contributed by atoms with Crippen LogP contribution < -0.4 is 4.74 Å². The Morgan fingerprint density at radius 2 is 1.79 bits per heavy atom. The highest BCUT2D eigenvalue weighted by Crippen LogP contribution is 2.37. The van der Waals surface area contributed by atoms with Crippen LogP contribution in [0.25, 0.3) is 22.4 Å². The van der Waals surface area contributed by atoms with Crippen molar-refractivity contribution < 1.29 is 4.74 Å². The highest BCUT2D eigenvalue weighted by Gasteiger charge is 2.17. The summed E-state index contributed by atoms with van der Waals surface area (Å²) in [6.07, 6.45) is 3.35. The molecule has 2 heterocycles. The van der Waals surface area contributed by atoms with Gasteiger partial charge in [0.2, 0.25) is 5.88 Å². The fourth-order valence-corrected chi connectivity index (χ4v) is 2.88. The van der Waals surface area contributed by atoms with Crippen molar-refractivity contribution in [1.29, 1.82) is 5.26 Å². The molecular formula is C18H11Cl2N3O. The first-order valence-corrected chi connectivity index (χ1v) is 7.74. The SMILES string of the molecule is COc1nc(-c2ccncc2)cc(-c2ccc(Cl)cc2Cl)c1C#N. The molecule has 0 aliphatic carbocycles. The summed E-state index contributed by atoms with van der Waals surface area (Å²) in [7, 11) is 1.48. The van der Waals surface area contributed by atoms with E-state index in [4.69, 9.17) is 27.9 Å². The maximum Gasteiger partial charge on any atom is 0.232 e. The quantitative estimate of drug-likeness (QED) is 0.663. The standard InChI is InChI=1S/C18H11Cl2N3O/c1-24-18-15(10-21)14(13-3-2-12(19)8-16(13)20)9-17(23-18)11-4-6-22-7-5-11/h2-9H,1H3. The predicted octanol–water partition coefficient (Wildman–Crippen LogP) is 5.00. The average molecular weight is 356 g/mol. The van der Waals surface area contributed by atoms with Crippen LogP contribution in [0.2, 0.25) is 10.0 Å². The van der Waals surface area contributed by atoms with E-state index in [1.807, 2.05) is 18.2 Å². The first kappa shape index (κ1) is 16.3. The van der Waals surface area contributed by atoms with Gasteiger partial charge in [0, 0.05) is 39.1 Å². The van der Waals surface area contributed by atoms with E-state index in [0.717, 1.165) is 5.56 Å². The summed E-state index contributed by atoms with van der Waals surface area (Å²) < 4.78 is 5.31. The first-order valence-electron chi connectivity index (χ1n) is 6.99. The molecule has 0 radical (unpaired) electrons. The zero-order valence-electron chi connectivity index (χ0n) is 12.6. The van der Waals surface area contributed by atoms with Crippen LogP contribution in [0.3, 0.4) is 0 Å². The van der Waals surface area contributed by atoms with Gasteiger partial charge in [0.05, 0.1) is 12.8 Å². The summed E-state index contributed by atoms with van der Waals surface area (Å²) in [4.78, 5) is 8.43. The number of aromatic nitrogens is 2. The van der Waals surface area contributed by atoms with Gasteiger partial charge in [0.25, 0.3) is 0 Å². The lowest BCUT2D eigenvalue weighted by atomic mass is 9.99. The van der Waals surface area contributed by atoms with Gasteiger partial charge < -0.3 is 4.74 Å². The zero-order valence-corrected chi connectivity index (χ0v) is 14.1. The molecule has 2 aromatic heterocycles. The molecule has 0 bridgehead atoms. The van der Waals surface area contributed by atoms with Crippen LogP contribution in [0.1, 0.15) is 5.56 Å². The molecule has 0 spiro atoms. The highest BCUT2D eigenvalue weighted by atomic mass is 35.5. The normalized spacial score (nSPS) is 10.2. The summed E-state index contributed by atoms with van der Waals surface area (Å²) in [6.45, 7) is 0.